The van der Waals surface area contributed by atoms with Crippen LogP contribution < -0.4 is 0 Å². The fraction of sp³-hybridized carbons (Fsp3) is 0.222. The molecule has 1 aromatic rings. The zero-order chi connectivity index (χ0) is 10.8. The first kappa shape index (κ1) is 10.9. The lowest BCUT2D eigenvalue weighted by Gasteiger charge is -2.05. The molecule has 0 aliphatic carbocycles. The maximum Gasteiger partial charge on any atom is 0.176 e. The van der Waals surface area contributed by atoms with E-state index in [1.54, 1.807) is 12.1 Å². The van der Waals surface area contributed by atoms with Gasteiger partial charge in [-0.2, -0.15) is 0 Å². The minimum atomic E-state index is -4.48. The summed E-state index contributed by atoms with van der Waals surface area (Å²) in [6, 6.07) is 6.38. The summed E-state index contributed by atoms with van der Waals surface area (Å²) in [5, 5.41) is 0. The van der Waals surface area contributed by atoms with Gasteiger partial charge in [0.2, 0.25) is 0 Å². The van der Waals surface area contributed by atoms with E-state index in [4.69, 9.17) is 0 Å². The number of Topliss-reactive ketones (excluding diaryl/α,β-unsaturated/α-hetero) is 1. The van der Waals surface area contributed by atoms with E-state index >= 15 is 0 Å². The average molecular weight is 213 g/mol. The molecular formula is C9H9O4S-. The maximum absolute atomic E-state index is 11.2. The summed E-state index contributed by atoms with van der Waals surface area (Å²) in [6.45, 7) is 1.85. The van der Waals surface area contributed by atoms with Crippen LogP contribution in [0.15, 0.2) is 24.3 Å². The highest BCUT2D eigenvalue weighted by atomic mass is 32.2. The molecule has 0 aliphatic heterocycles. The van der Waals surface area contributed by atoms with Crippen molar-refractivity contribution < 1.29 is 17.8 Å². The van der Waals surface area contributed by atoms with E-state index in [-0.39, 0.29) is 5.56 Å². The number of rotatable bonds is 3. The molecule has 14 heavy (non-hydrogen) atoms. The summed E-state index contributed by atoms with van der Waals surface area (Å²) in [4.78, 5) is 11.2. The summed E-state index contributed by atoms with van der Waals surface area (Å²) in [7, 11) is -4.48. The van der Waals surface area contributed by atoms with Crippen LogP contribution in [0.5, 0.6) is 0 Å². The van der Waals surface area contributed by atoms with E-state index in [0.717, 1.165) is 5.56 Å². The molecule has 0 unspecified atom stereocenters. The largest absolute Gasteiger partial charge is 0.748 e. The Bertz CT molecular complexity index is 430. The van der Waals surface area contributed by atoms with E-state index < -0.39 is 21.7 Å². The molecule has 0 N–H and O–H groups in total. The molecule has 76 valence electrons. The highest BCUT2D eigenvalue weighted by Gasteiger charge is 2.08. The van der Waals surface area contributed by atoms with Gasteiger partial charge < -0.3 is 4.55 Å². The highest BCUT2D eigenvalue weighted by molar-refractivity contribution is 7.86. The van der Waals surface area contributed by atoms with Gasteiger partial charge in [0.15, 0.2) is 5.78 Å². The van der Waals surface area contributed by atoms with Crippen LogP contribution in [-0.2, 0) is 10.1 Å². The molecule has 0 spiro atoms. The predicted octanol–water partition coefficient (Wildman–Crippen LogP) is 0.723. The Labute approximate surface area is 82.3 Å². The van der Waals surface area contributed by atoms with E-state index in [2.05, 4.69) is 0 Å². The number of hydrogen-bond donors (Lipinski definition) is 0. The summed E-state index contributed by atoms with van der Waals surface area (Å²) < 4.78 is 30.9. The van der Waals surface area contributed by atoms with Gasteiger partial charge in [0.25, 0.3) is 0 Å². The van der Waals surface area contributed by atoms with Crippen molar-refractivity contribution in [1.29, 1.82) is 0 Å². The van der Waals surface area contributed by atoms with E-state index in [1.165, 1.54) is 12.1 Å². The molecule has 1 aromatic carbocycles. The second-order valence-corrected chi connectivity index (χ2v) is 4.40. The van der Waals surface area contributed by atoms with E-state index in [9.17, 15) is 17.8 Å². The molecule has 0 saturated heterocycles. The SMILES string of the molecule is Cc1ccc(C(=O)CS(=O)(=O)[O-])cc1. The van der Waals surface area contributed by atoms with Gasteiger partial charge in [0.1, 0.15) is 15.9 Å². The normalized spacial score (nSPS) is 11.3. The van der Waals surface area contributed by atoms with E-state index in [1.807, 2.05) is 6.92 Å². The molecular weight excluding hydrogens is 204 g/mol. The van der Waals surface area contributed by atoms with Crippen molar-refractivity contribution in [3.63, 3.8) is 0 Å². The third-order valence-corrected chi connectivity index (χ3v) is 2.30. The first-order valence-corrected chi connectivity index (χ1v) is 5.50. The molecule has 0 fully saturated rings. The molecule has 0 bridgehead atoms. The van der Waals surface area contributed by atoms with Crippen molar-refractivity contribution in [2.75, 3.05) is 5.75 Å². The number of benzene rings is 1. The summed E-state index contributed by atoms with van der Waals surface area (Å²) in [6.07, 6.45) is 0. The van der Waals surface area contributed by atoms with Crippen molar-refractivity contribution in [1.82, 2.24) is 0 Å². The Morgan fingerprint density at radius 2 is 1.79 bits per heavy atom. The van der Waals surface area contributed by atoms with Crippen molar-refractivity contribution in [2.24, 2.45) is 0 Å². The second kappa shape index (κ2) is 3.89. The average Bonchev–Trinajstić information content (AvgIpc) is 2.02. The van der Waals surface area contributed by atoms with Crippen LogP contribution in [0.25, 0.3) is 0 Å². The molecule has 0 aliphatic rings. The van der Waals surface area contributed by atoms with Crippen LogP contribution in [0.1, 0.15) is 15.9 Å². The first-order chi connectivity index (χ1) is 6.38. The van der Waals surface area contributed by atoms with Gasteiger partial charge in [-0.05, 0) is 6.92 Å². The van der Waals surface area contributed by atoms with Crippen LogP contribution >= 0.6 is 0 Å². The Kier molecular flexibility index (Phi) is 3.03. The Balaban J connectivity index is 2.86. The van der Waals surface area contributed by atoms with Gasteiger partial charge >= 0.3 is 0 Å². The van der Waals surface area contributed by atoms with Crippen molar-refractivity contribution in [2.45, 2.75) is 6.92 Å². The minimum absolute atomic E-state index is 0.245. The molecule has 0 radical (unpaired) electrons. The van der Waals surface area contributed by atoms with Crippen molar-refractivity contribution in [3.8, 4) is 0 Å². The highest BCUT2D eigenvalue weighted by Crippen LogP contribution is 2.04. The zero-order valence-electron chi connectivity index (χ0n) is 7.56. The Morgan fingerprint density at radius 3 is 2.21 bits per heavy atom. The van der Waals surface area contributed by atoms with Crippen LogP contribution in [0.4, 0.5) is 0 Å². The smallest absolute Gasteiger partial charge is 0.176 e. The molecule has 0 atom stereocenters. The van der Waals surface area contributed by atoms with Crippen LogP contribution in [0.3, 0.4) is 0 Å². The summed E-state index contributed by atoms with van der Waals surface area (Å²) in [5.41, 5.74) is 1.21. The molecule has 1 rings (SSSR count). The quantitative estimate of drug-likeness (QED) is 0.547. The third-order valence-electron chi connectivity index (χ3n) is 1.68. The number of hydrogen-bond acceptors (Lipinski definition) is 4. The monoisotopic (exact) mass is 213 g/mol. The lowest BCUT2D eigenvalue weighted by atomic mass is 10.1. The van der Waals surface area contributed by atoms with E-state index in [0.29, 0.717) is 0 Å². The standard InChI is InChI=1S/C9H10O4S/c1-7-2-4-8(5-3-7)9(10)6-14(11,12)13/h2-5H,6H2,1H3,(H,11,12,13)/p-1. The van der Waals surface area contributed by atoms with Gasteiger partial charge in [0, 0.05) is 5.56 Å². The Hall–Kier alpha value is -1.20. The van der Waals surface area contributed by atoms with Crippen LogP contribution in [-0.4, -0.2) is 24.5 Å². The van der Waals surface area contributed by atoms with Crippen LogP contribution in [0.2, 0.25) is 0 Å². The first-order valence-electron chi connectivity index (χ1n) is 3.92. The predicted molar refractivity (Wildman–Crippen MR) is 50.1 cm³/mol. The summed E-state index contributed by atoms with van der Waals surface area (Å²) in [5.74, 6) is -1.64. The molecule has 0 saturated carbocycles. The van der Waals surface area contributed by atoms with Gasteiger partial charge in [0.05, 0.1) is 0 Å². The number of carbonyl (C=O) groups is 1. The lowest BCUT2D eigenvalue weighted by Crippen LogP contribution is -2.15. The zero-order valence-corrected chi connectivity index (χ0v) is 8.37. The van der Waals surface area contributed by atoms with Gasteiger partial charge in [-0.1, -0.05) is 29.8 Å². The Morgan fingerprint density at radius 1 is 1.29 bits per heavy atom. The molecule has 5 heteroatoms. The number of ketones is 1. The number of carbonyl (C=O) groups excluding carboxylic acids is 1. The fourth-order valence-electron chi connectivity index (χ4n) is 0.983. The third kappa shape index (κ3) is 3.27. The maximum atomic E-state index is 11.2. The van der Waals surface area contributed by atoms with Crippen molar-refractivity contribution >= 4 is 15.9 Å². The van der Waals surface area contributed by atoms with Gasteiger partial charge in [-0.3, -0.25) is 4.79 Å². The fourth-order valence-corrected chi connectivity index (χ4v) is 1.47. The van der Waals surface area contributed by atoms with Crippen molar-refractivity contribution in [3.05, 3.63) is 35.4 Å². The topological polar surface area (TPSA) is 74.3 Å². The summed E-state index contributed by atoms with van der Waals surface area (Å²) >= 11 is 0. The molecule has 0 heterocycles. The van der Waals surface area contributed by atoms with Gasteiger partial charge in [-0.15, -0.1) is 0 Å². The molecule has 0 amide bonds. The number of aryl methyl sites for hydroxylation is 1. The lowest BCUT2D eigenvalue weighted by molar-refractivity contribution is 0.101. The second-order valence-electron chi connectivity index (χ2n) is 2.99. The van der Waals surface area contributed by atoms with Crippen LogP contribution in [0, 0.1) is 6.92 Å². The molecule has 0 aromatic heterocycles. The molecule has 4 nitrogen and oxygen atoms in total. The minimum Gasteiger partial charge on any atom is -0.748 e. The van der Waals surface area contributed by atoms with Gasteiger partial charge in [-0.25, -0.2) is 8.42 Å².